The minimum absolute atomic E-state index is 0.0375. The Morgan fingerprint density at radius 2 is 1.96 bits per heavy atom. The van der Waals surface area contributed by atoms with Crippen molar-refractivity contribution >= 4 is 28.3 Å². The van der Waals surface area contributed by atoms with Crippen LogP contribution in [0.3, 0.4) is 0 Å². The molecule has 0 bridgehead atoms. The summed E-state index contributed by atoms with van der Waals surface area (Å²) in [6, 6.07) is 7.81. The van der Waals surface area contributed by atoms with Crippen molar-refractivity contribution in [3.05, 3.63) is 40.9 Å². The Hall–Kier alpha value is -2.41. The topological polar surface area (TPSA) is 71.5 Å². The number of likely N-dealkylation sites (N-methyl/N-ethyl adjacent to an activating group) is 1. The van der Waals surface area contributed by atoms with Crippen molar-refractivity contribution in [1.82, 2.24) is 9.88 Å². The molecule has 7 heteroatoms. The number of ether oxygens (including phenoxy) is 1. The smallest absolute Gasteiger partial charge is 0.228 e. The highest BCUT2D eigenvalue weighted by Crippen LogP contribution is 2.17. The highest BCUT2D eigenvalue weighted by Gasteiger charge is 2.14. The minimum Gasteiger partial charge on any atom is -0.492 e. The molecule has 0 fully saturated rings. The van der Waals surface area contributed by atoms with Gasteiger partial charge in [-0.3, -0.25) is 9.59 Å². The third-order valence-corrected chi connectivity index (χ3v) is 4.59. The van der Waals surface area contributed by atoms with E-state index in [2.05, 4.69) is 10.3 Å². The van der Waals surface area contributed by atoms with E-state index >= 15 is 0 Å². The van der Waals surface area contributed by atoms with Gasteiger partial charge in [0.25, 0.3) is 0 Å². The van der Waals surface area contributed by atoms with Gasteiger partial charge in [-0.15, -0.1) is 11.3 Å². The second-order valence-corrected chi connectivity index (χ2v) is 7.30. The Labute approximate surface area is 158 Å². The van der Waals surface area contributed by atoms with Crippen molar-refractivity contribution in [3.63, 3.8) is 0 Å². The number of benzene rings is 1. The Balaban J connectivity index is 1.77. The number of nitrogens with one attached hydrogen (secondary N) is 1. The zero-order chi connectivity index (χ0) is 19.1. The number of anilines is 1. The predicted molar refractivity (Wildman–Crippen MR) is 104 cm³/mol. The summed E-state index contributed by atoms with van der Waals surface area (Å²) >= 11 is 1.33. The monoisotopic (exact) mass is 375 g/mol. The van der Waals surface area contributed by atoms with Crippen molar-refractivity contribution in [1.29, 1.82) is 0 Å². The number of amides is 2. The molecule has 0 aliphatic carbocycles. The summed E-state index contributed by atoms with van der Waals surface area (Å²) in [7, 11) is 1.74. The molecule has 1 aromatic carbocycles. The molecule has 0 aliphatic rings. The molecular formula is C19H25N3O3S. The molecule has 0 saturated heterocycles. The van der Waals surface area contributed by atoms with E-state index in [0.717, 1.165) is 5.75 Å². The lowest BCUT2D eigenvalue weighted by Crippen LogP contribution is -2.32. The lowest BCUT2D eigenvalue weighted by Gasteiger charge is -2.17. The highest BCUT2D eigenvalue weighted by molar-refractivity contribution is 7.13. The zero-order valence-electron chi connectivity index (χ0n) is 15.6. The molecule has 0 unspecified atom stereocenters. The second kappa shape index (κ2) is 9.33. The normalized spacial score (nSPS) is 10.7. The lowest BCUT2D eigenvalue weighted by atomic mass is 10.2. The van der Waals surface area contributed by atoms with Gasteiger partial charge in [-0.25, -0.2) is 4.98 Å². The zero-order valence-corrected chi connectivity index (χ0v) is 16.4. The van der Waals surface area contributed by atoms with Gasteiger partial charge in [-0.2, -0.15) is 0 Å². The number of carbonyl (C=O) groups excluding carboxylic acids is 2. The lowest BCUT2D eigenvalue weighted by molar-refractivity contribution is -0.129. The van der Waals surface area contributed by atoms with Gasteiger partial charge < -0.3 is 15.0 Å². The van der Waals surface area contributed by atoms with Gasteiger partial charge in [0.2, 0.25) is 11.8 Å². The minimum atomic E-state index is -0.108. The van der Waals surface area contributed by atoms with Crippen molar-refractivity contribution in [2.45, 2.75) is 27.2 Å². The van der Waals surface area contributed by atoms with Crippen molar-refractivity contribution in [2.75, 3.05) is 25.5 Å². The Bertz CT molecular complexity index is 741. The van der Waals surface area contributed by atoms with E-state index in [-0.39, 0.29) is 24.2 Å². The Morgan fingerprint density at radius 1 is 1.27 bits per heavy atom. The summed E-state index contributed by atoms with van der Waals surface area (Å²) in [6.07, 6.45) is 0.203. The third kappa shape index (κ3) is 6.15. The average Bonchev–Trinajstić information content (AvgIpc) is 3.03. The van der Waals surface area contributed by atoms with Gasteiger partial charge in [0, 0.05) is 18.3 Å². The van der Waals surface area contributed by atoms with E-state index in [1.807, 2.05) is 45.0 Å². The number of carbonyl (C=O) groups is 2. The molecule has 0 saturated carbocycles. The van der Waals surface area contributed by atoms with Crippen LogP contribution in [0, 0.1) is 12.8 Å². The number of aryl methyl sites for hydroxylation is 1. The molecule has 0 atom stereocenters. The summed E-state index contributed by atoms with van der Waals surface area (Å²) in [4.78, 5) is 29.9. The van der Waals surface area contributed by atoms with E-state index in [9.17, 15) is 9.59 Å². The first-order valence-corrected chi connectivity index (χ1v) is 9.42. The number of hydrogen-bond acceptors (Lipinski definition) is 5. The van der Waals surface area contributed by atoms with E-state index in [1.165, 1.54) is 16.9 Å². The number of hydrogen-bond donors (Lipinski definition) is 1. The first kappa shape index (κ1) is 19.9. The summed E-state index contributed by atoms with van der Waals surface area (Å²) in [5, 5.41) is 5.07. The average molecular weight is 375 g/mol. The van der Waals surface area contributed by atoms with Gasteiger partial charge in [-0.1, -0.05) is 31.5 Å². The molecule has 26 heavy (non-hydrogen) atoms. The van der Waals surface area contributed by atoms with Gasteiger partial charge in [0.15, 0.2) is 5.13 Å². The van der Waals surface area contributed by atoms with Crippen LogP contribution in [0.5, 0.6) is 5.75 Å². The van der Waals surface area contributed by atoms with Crippen LogP contribution < -0.4 is 10.1 Å². The molecule has 1 N–H and O–H groups in total. The quantitative estimate of drug-likeness (QED) is 0.769. The maximum absolute atomic E-state index is 12.3. The largest absolute Gasteiger partial charge is 0.492 e. The SMILES string of the molecule is Cc1ccc(OCCN(C)C(=O)Cc2csc(NC(=O)C(C)C)n2)cc1. The van der Waals surface area contributed by atoms with Crippen molar-refractivity contribution in [2.24, 2.45) is 5.92 Å². The second-order valence-electron chi connectivity index (χ2n) is 6.44. The fourth-order valence-corrected chi connectivity index (χ4v) is 2.76. The fourth-order valence-electron chi connectivity index (χ4n) is 2.04. The number of aromatic nitrogens is 1. The highest BCUT2D eigenvalue weighted by atomic mass is 32.1. The van der Waals surface area contributed by atoms with E-state index < -0.39 is 0 Å². The van der Waals surface area contributed by atoms with Gasteiger partial charge >= 0.3 is 0 Å². The maximum atomic E-state index is 12.3. The van der Waals surface area contributed by atoms with Crippen LogP contribution in [-0.4, -0.2) is 41.9 Å². The number of thiazole rings is 1. The summed E-state index contributed by atoms with van der Waals surface area (Å²) in [5.41, 5.74) is 1.84. The van der Waals surface area contributed by atoms with Gasteiger partial charge in [0.05, 0.1) is 18.7 Å². The Morgan fingerprint density at radius 3 is 2.62 bits per heavy atom. The number of nitrogens with zero attached hydrogens (tertiary/aromatic N) is 2. The molecule has 0 radical (unpaired) electrons. The van der Waals surface area contributed by atoms with Crippen molar-refractivity contribution in [3.8, 4) is 5.75 Å². The summed E-state index contributed by atoms with van der Waals surface area (Å²) in [5.74, 6) is 0.567. The van der Waals surface area contributed by atoms with Crippen molar-refractivity contribution < 1.29 is 14.3 Å². The fraction of sp³-hybridized carbons (Fsp3) is 0.421. The molecular weight excluding hydrogens is 350 g/mol. The van der Waals surface area contributed by atoms with Crippen LogP contribution >= 0.6 is 11.3 Å². The summed E-state index contributed by atoms with van der Waals surface area (Å²) < 4.78 is 5.65. The van der Waals surface area contributed by atoms with E-state index in [0.29, 0.717) is 24.0 Å². The Kier molecular flexibility index (Phi) is 7.15. The first-order valence-electron chi connectivity index (χ1n) is 8.54. The molecule has 1 aromatic heterocycles. The standard InChI is InChI=1S/C19H25N3O3S/c1-13(2)18(24)21-19-20-15(12-26-19)11-17(23)22(4)9-10-25-16-7-5-14(3)6-8-16/h5-8,12-13H,9-11H2,1-4H3,(H,20,21,24). The van der Waals surface area contributed by atoms with Gasteiger partial charge in [0.1, 0.15) is 12.4 Å². The van der Waals surface area contributed by atoms with Crippen LogP contribution in [0.2, 0.25) is 0 Å². The summed E-state index contributed by atoms with van der Waals surface area (Å²) in [6.45, 7) is 6.59. The van der Waals surface area contributed by atoms with Crippen LogP contribution in [0.4, 0.5) is 5.13 Å². The molecule has 2 amide bonds. The predicted octanol–water partition coefficient (Wildman–Crippen LogP) is 3.13. The van der Waals surface area contributed by atoms with Crippen LogP contribution in [0.25, 0.3) is 0 Å². The molecule has 0 aliphatic heterocycles. The van der Waals surface area contributed by atoms with Crippen LogP contribution in [0.15, 0.2) is 29.6 Å². The van der Waals surface area contributed by atoms with E-state index in [4.69, 9.17) is 4.74 Å². The maximum Gasteiger partial charge on any atom is 0.228 e. The van der Waals surface area contributed by atoms with Crippen LogP contribution in [-0.2, 0) is 16.0 Å². The molecule has 6 nitrogen and oxygen atoms in total. The molecule has 2 rings (SSSR count). The molecule has 2 aromatic rings. The molecule has 0 spiro atoms. The third-order valence-electron chi connectivity index (χ3n) is 3.78. The van der Waals surface area contributed by atoms with Gasteiger partial charge in [-0.05, 0) is 19.1 Å². The first-order chi connectivity index (χ1) is 12.3. The molecule has 1 heterocycles. The number of rotatable bonds is 8. The van der Waals surface area contributed by atoms with E-state index in [1.54, 1.807) is 17.3 Å². The van der Waals surface area contributed by atoms with Crippen LogP contribution in [0.1, 0.15) is 25.1 Å². The molecule has 140 valence electrons.